The van der Waals surface area contributed by atoms with E-state index < -0.39 is 15.8 Å². The first-order valence-corrected chi connectivity index (χ1v) is 13.7. The van der Waals surface area contributed by atoms with Crippen LogP contribution in [-0.2, 0) is 8.88 Å². The summed E-state index contributed by atoms with van der Waals surface area (Å²) in [4.78, 5) is 18.2. The summed E-state index contributed by atoms with van der Waals surface area (Å²) in [6.07, 6.45) is 7.84. The molecule has 5 heterocycles. The first-order valence-electron chi connectivity index (χ1n) is 10.6. The van der Waals surface area contributed by atoms with Gasteiger partial charge >= 0.3 is 15.8 Å². The number of rotatable bonds is 7. The lowest BCUT2D eigenvalue weighted by Gasteiger charge is -2.42. The molecular formula is C17H27N7O4P2. The maximum atomic E-state index is 13.2. The second kappa shape index (κ2) is 8.39. The lowest BCUT2D eigenvalue weighted by atomic mass is 10.4. The minimum absolute atomic E-state index is 0.240. The van der Waals surface area contributed by atoms with Gasteiger partial charge in [-0.3, -0.25) is 4.57 Å². The van der Waals surface area contributed by atoms with Crippen LogP contribution in [0.2, 0.25) is 0 Å². The van der Waals surface area contributed by atoms with Crippen LogP contribution in [0.3, 0.4) is 0 Å². The third kappa shape index (κ3) is 3.77. The Kier molecular flexibility index (Phi) is 5.79. The molecule has 0 aliphatic carbocycles. The fourth-order valence-electron chi connectivity index (χ4n) is 4.62. The van der Waals surface area contributed by atoms with Gasteiger partial charge in [-0.1, -0.05) is 9.16 Å². The Balaban J connectivity index is 1.49. The van der Waals surface area contributed by atoms with Gasteiger partial charge in [-0.15, -0.1) is 19.1 Å². The van der Waals surface area contributed by atoms with Crippen molar-refractivity contribution in [1.29, 1.82) is 0 Å². The van der Waals surface area contributed by atoms with Crippen molar-refractivity contribution in [3.8, 4) is 0 Å². The van der Waals surface area contributed by atoms with Crippen molar-refractivity contribution in [2.45, 2.75) is 38.5 Å². The number of hydrogen-bond acceptors (Lipinski definition) is 10. The van der Waals surface area contributed by atoms with E-state index in [1.165, 1.54) is 6.20 Å². The summed E-state index contributed by atoms with van der Waals surface area (Å²) in [5.74, 6) is 0. The van der Waals surface area contributed by atoms with Gasteiger partial charge in [-0.25, -0.2) is 4.98 Å². The van der Waals surface area contributed by atoms with Crippen molar-refractivity contribution in [3.05, 3.63) is 18.3 Å². The minimum Gasteiger partial charge on any atom is -0.742 e. The third-order valence-corrected chi connectivity index (χ3v) is 11.4. The van der Waals surface area contributed by atoms with E-state index in [4.69, 9.17) is 8.94 Å². The number of fused-ring (bicyclic) bond motifs is 1. The highest BCUT2D eigenvalue weighted by Crippen LogP contribution is 2.76. The molecule has 1 unspecified atom stereocenters. The molecule has 0 radical (unpaired) electrons. The van der Waals surface area contributed by atoms with Gasteiger partial charge in [0, 0.05) is 45.5 Å². The maximum absolute atomic E-state index is 13.2. The molecule has 3 saturated heterocycles. The summed E-state index contributed by atoms with van der Waals surface area (Å²) in [6, 6.07) is 3.40. The van der Waals surface area contributed by atoms with Crippen molar-refractivity contribution in [3.63, 3.8) is 0 Å². The van der Waals surface area contributed by atoms with E-state index in [-0.39, 0.29) is 5.65 Å². The lowest BCUT2D eigenvalue weighted by molar-refractivity contribution is -0.218. The van der Waals surface area contributed by atoms with Gasteiger partial charge in [-0.05, 0) is 55.9 Å². The van der Waals surface area contributed by atoms with Gasteiger partial charge < -0.3 is 9.52 Å². The Bertz CT molecular complexity index is 885. The molecule has 11 nitrogen and oxygen atoms in total. The first kappa shape index (κ1) is 20.7. The second-order valence-electron chi connectivity index (χ2n) is 7.91. The zero-order chi connectivity index (χ0) is 20.6. The minimum atomic E-state index is -4.77. The molecule has 3 fully saturated rings. The zero-order valence-electron chi connectivity index (χ0n) is 16.9. The van der Waals surface area contributed by atoms with Crippen LogP contribution in [-0.4, -0.2) is 73.4 Å². The summed E-state index contributed by atoms with van der Waals surface area (Å²) in [5, 5.41) is 7.72. The standard InChI is InChI=1S/C17H27N7O4P2/c25-30(26,27-24-17-16(19-20-24)8-7-9-18-17)28-29(21-10-1-2-11-21,22-12-3-4-13-22)23-14-5-6-15-23/h7-9H,1-6,10-15H2. The molecule has 3 aliphatic rings. The van der Waals surface area contributed by atoms with Crippen molar-refractivity contribution in [1.82, 2.24) is 34.2 Å². The van der Waals surface area contributed by atoms with E-state index in [1.807, 2.05) is 0 Å². The SMILES string of the molecule is O=P([O-])(On1nnc2cccnc21)O[P+](N1CCCC1)(N1CCCC1)N1CCCC1. The van der Waals surface area contributed by atoms with E-state index >= 15 is 0 Å². The van der Waals surface area contributed by atoms with E-state index in [9.17, 15) is 9.46 Å². The Morgan fingerprint density at radius 1 is 0.933 bits per heavy atom. The van der Waals surface area contributed by atoms with Gasteiger partial charge in [0.15, 0.2) is 0 Å². The molecule has 0 spiro atoms. The summed E-state index contributed by atoms with van der Waals surface area (Å²) in [7, 11) is -7.49. The average molecular weight is 455 g/mol. The fourth-order valence-corrected chi connectivity index (χ4v) is 10.8. The number of nitrogens with zero attached hydrogens (tertiary/aromatic N) is 7. The summed E-state index contributed by atoms with van der Waals surface area (Å²) >= 11 is 0. The molecule has 1 atom stereocenters. The molecule has 5 rings (SSSR count). The first-order chi connectivity index (χ1) is 14.6. The Morgan fingerprint density at radius 3 is 2.00 bits per heavy atom. The van der Waals surface area contributed by atoms with Crippen LogP contribution in [0, 0.1) is 0 Å². The summed E-state index contributed by atoms with van der Waals surface area (Å²) in [5.41, 5.74) is 0.696. The van der Waals surface area contributed by atoms with Crippen molar-refractivity contribution >= 4 is 26.9 Å². The van der Waals surface area contributed by atoms with Crippen LogP contribution in [0.5, 0.6) is 0 Å². The second-order valence-corrected chi connectivity index (χ2v) is 12.3. The highest BCUT2D eigenvalue weighted by molar-refractivity contribution is 7.71. The van der Waals surface area contributed by atoms with Crippen LogP contribution in [0.1, 0.15) is 38.5 Å². The van der Waals surface area contributed by atoms with Crippen LogP contribution in [0.4, 0.5) is 0 Å². The van der Waals surface area contributed by atoms with Crippen molar-refractivity contribution < 1.29 is 18.4 Å². The molecule has 13 heteroatoms. The quantitative estimate of drug-likeness (QED) is 0.572. The average Bonchev–Trinajstić information content (AvgIpc) is 3.55. The third-order valence-electron chi connectivity index (χ3n) is 5.92. The summed E-state index contributed by atoms with van der Waals surface area (Å²) < 4.78 is 31.5. The van der Waals surface area contributed by atoms with Crippen LogP contribution in [0.15, 0.2) is 18.3 Å². The molecule has 30 heavy (non-hydrogen) atoms. The smallest absolute Gasteiger partial charge is 0.384 e. The van der Waals surface area contributed by atoms with Gasteiger partial charge in [0.25, 0.3) is 0 Å². The van der Waals surface area contributed by atoms with Gasteiger partial charge in [0.05, 0.1) is 0 Å². The molecule has 0 N–H and O–H groups in total. The summed E-state index contributed by atoms with van der Waals surface area (Å²) in [6.45, 7) is 5.05. The van der Waals surface area contributed by atoms with Crippen LogP contribution >= 0.6 is 15.8 Å². The van der Waals surface area contributed by atoms with Gasteiger partial charge in [0.1, 0.15) is 5.52 Å². The Hall–Kier alpha value is -1.19. The molecule has 0 saturated carbocycles. The van der Waals surface area contributed by atoms with E-state index in [2.05, 4.69) is 29.3 Å². The van der Waals surface area contributed by atoms with Crippen LogP contribution in [0.25, 0.3) is 11.2 Å². The number of hydrogen-bond donors (Lipinski definition) is 0. The molecule has 164 valence electrons. The molecule has 3 aliphatic heterocycles. The highest BCUT2D eigenvalue weighted by Gasteiger charge is 2.63. The zero-order valence-corrected chi connectivity index (χ0v) is 18.7. The maximum Gasteiger partial charge on any atom is 0.384 e. The number of pyridine rings is 1. The van der Waals surface area contributed by atoms with E-state index in [1.54, 1.807) is 12.1 Å². The predicted molar refractivity (Wildman–Crippen MR) is 110 cm³/mol. The normalized spacial score (nSPS) is 24.0. The Labute approximate surface area is 176 Å². The van der Waals surface area contributed by atoms with Crippen molar-refractivity contribution in [2.75, 3.05) is 39.3 Å². The number of aromatic nitrogens is 4. The van der Waals surface area contributed by atoms with Gasteiger partial charge in [-0.2, -0.15) is 0 Å². The predicted octanol–water partition coefficient (Wildman–Crippen LogP) is 1.70. The molecule has 0 bridgehead atoms. The van der Waals surface area contributed by atoms with Crippen LogP contribution < -0.4 is 9.52 Å². The molecule has 0 amide bonds. The van der Waals surface area contributed by atoms with E-state index in [0.717, 1.165) is 82.6 Å². The monoisotopic (exact) mass is 455 g/mol. The highest BCUT2D eigenvalue weighted by atomic mass is 31.3. The largest absolute Gasteiger partial charge is 0.742 e. The molecule has 2 aromatic rings. The molecular weight excluding hydrogens is 428 g/mol. The molecule has 0 aromatic carbocycles. The van der Waals surface area contributed by atoms with E-state index in [0.29, 0.717) is 5.52 Å². The fraction of sp³-hybridized carbons (Fsp3) is 0.706. The Morgan fingerprint density at radius 2 is 1.47 bits per heavy atom. The molecule has 2 aromatic heterocycles. The number of phosphoric acid groups is 1. The topological polar surface area (TPSA) is 112 Å². The lowest BCUT2D eigenvalue weighted by Crippen LogP contribution is -2.44. The van der Waals surface area contributed by atoms with Gasteiger partial charge in [0.2, 0.25) is 5.65 Å². The van der Waals surface area contributed by atoms with Crippen molar-refractivity contribution in [2.24, 2.45) is 0 Å².